The van der Waals surface area contributed by atoms with E-state index in [9.17, 15) is 4.79 Å². The van der Waals surface area contributed by atoms with Gasteiger partial charge in [0.2, 0.25) is 0 Å². The van der Waals surface area contributed by atoms with Gasteiger partial charge in [-0.15, -0.1) is 0 Å². The Bertz CT molecular complexity index is 294. The van der Waals surface area contributed by atoms with Crippen molar-refractivity contribution in [2.24, 2.45) is 0 Å². The molecule has 0 atom stereocenters. The van der Waals surface area contributed by atoms with Crippen LogP contribution in [0.1, 0.15) is 149 Å². The molecule has 0 aromatic heterocycles. The van der Waals surface area contributed by atoms with Crippen LogP contribution in [-0.2, 0) is 26.0 Å². The Hall–Kier alpha value is -0.0365. The van der Waals surface area contributed by atoms with Crippen molar-refractivity contribution in [1.29, 1.82) is 0 Å². The molecule has 0 radical (unpaired) electrons. The number of rotatable bonds is 22. The summed E-state index contributed by atoms with van der Waals surface area (Å²) >= 11 is 0. The van der Waals surface area contributed by atoms with E-state index in [1.807, 2.05) is 0 Å². The Balaban J connectivity index is 0. The number of hydrogen-bond donors (Lipinski definition) is 0. The minimum Gasteiger partial charge on any atom is -0.466 e. The zero-order valence-corrected chi connectivity index (χ0v) is 20.2. The van der Waals surface area contributed by atoms with E-state index in [-0.39, 0.29) is 22.5 Å². The SMILES string of the molecule is CCCCCCCCCCCCCCCCCCCCC(=O)OCCCC.[Ni]. The van der Waals surface area contributed by atoms with Crippen LogP contribution in [0.3, 0.4) is 0 Å². The fraction of sp³-hybridized carbons (Fsp3) is 0.960. The van der Waals surface area contributed by atoms with Gasteiger partial charge in [0.1, 0.15) is 0 Å². The molecule has 0 saturated carbocycles. The van der Waals surface area contributed by atoms with Gasteiger partial charge in [0.15, 0.2) is 0 Å². The standard InChI is InChI=1S/C25H50O2.Ni/c1-3-5-7-8-9-10-11-12-13-14-15-16-17-18-19-20-21-22-23-25(26)27-24-6-4-2;/h3-24H2,1-2H3;. The number of unbranched alkanes of at least 4 members (excludes halogenated alkanes) is 18. The Morgan fingerprint density at radius 2 is 0.821 bits per heavy atom. The topological polar surface area (TPSA) is 26.3 Å². The molecule has 0 rings (SSSR count). The third-order valence-electron chi connectivity index (χ3n) is 5.50. The van der Waals surface area contributed by atoms with E-state index in [0.717, 1.165) is 19.3 Å². The van der Waals surface area contributed by atoms with Gasteiger partial charge in [0, 0.05) is 22.9 Å². The second-order valence-corrected chi connectivity index (χ2v) is 8.33. The van der Waals surface area contributed by atoms with Crippen molar-refractivity contribution in [3.05, 3.63) is 0 Å². The molecular weight excluding hydrogens is 391 g/mol. The van der Waals surface area contributed by atoms with Gasteiger partial charge >= 0.3 is 5.97 Å². The summed E-state index contributed by atoms with van der Waals surface area (Å²) in [4.78, 5) is 11.5. The van der Waals surface area contributed by atoms with Gasteiger partial charge in [0.25, 0.3) is 0 Å². The molecule has 0 amide bonds. The minimum absolute atomic E-state index is 0. The third-order valence-corrected chi connectivity index (χ3v) is 5.50. The maximum atomic E-state index is 11.5. The number of ether oxygens (including phenoxy) is 1. The van der Waals surface area contributed by atoms with Crippen LogP contribution >= 0.6 is 0 Å². The van der Waals surface area contributed by atoms with Crippen molar-refractivity contribution in [3.8, 4) is 0 Å². The molecule has 0 heterocycles. The van der Waals surface area contributed by atoms with Crippen molar-refractivity contribution in [3.63, 3.8) is 0 Å². The molecule has 0 N–H and O–H groups in total. The van der Waals surface area contributed by atoms with Crippen LogP contribution in [0, 0.1) is 0 Å². The minimum atomic E-state index is -0.0000527. The predicted octanol–water partition coefficient (Wildman–Crippen LogP) is 8.76. The van der Waals surface area contributed by atoms with Gasteiger partial charge in [-0.1, -0.05) is 129 Å². The summed E-state index contributed by atoms with van der Waals surface area (Å²) in [5, 5.41) is 0. The van der Waals surface area contributed by atoms with Crippen molar-refractivity contribution >= 4 is 5.97 Å². The molecule has 0 saturated heterocycles. The Labute approximate surface area is 187 Å². The van der Waals surface area contributed by atoms with E-state index in [1.165, 1.54) is 109 Å². The summed E-state index contributed by atoms with van der Waals surface area (Å²) in [6.45, 7) is 5.01. The molecule has 0 aliphatic carbocycles. The average molecular weight is 441 g/mol. The number of esters is 1. The summed E-state index contributed by atoms with van der Waals surface area (Å²) in [6.07, 6.45) is 27.5. The fourth-order valence-corrected chi connectivity index (χ4v) is 3.57. The molecule has 0 spiro atoms. The first-order valence-electron chi connectivity index (χ1n) is 12.5. The van der Waals surface area contributed by atoms with Gasteiger partial charge in [-0.3, -0.25) is 4.79 Å². The quantitative estimate of drug-likeness (QED) is 0.0954. The average Bonchev–Trinajstić information content (AvgIpc) is 2.67. The van der Waals surface area contributed by atoms with E-state index in [2.05, 4.69) is 13.8 Å². The summed E-state index contributed by atoms with van der Waals surface area (Å²) in [6, 6.07) is 0. The molecule has 2 nitrogen and oxygen atoms in total. The first kappa shape index (κ1) is 30.2. The van der Waals surface area contributed by atoms with E-state index in [1.54, 1.807) is 0 Å². The predicted molar refractivity (Wildman–Crippen MR) is 119 cm³/mol. The maximum absolute atomic E-state index is 11.5. The second-order valence-electron chi connectivity index (χ2n) is 8.33. The number of hydrogen-bond acceptors (Lipinski definition) is 2. The van der Waals surface area contributed by atoms with Crippen molar-refractivity contribution in [2.45, 2.75) is 149 Å². The molecule has 0 fully saturated rings. The Kier molecular flexibility index (Phi) is 29.0. The molecule has 0 aromatic carbocycles. The van der Waals surface area contributed by atoms with E-state index < -0.39 is 0 Å². The monoisotopic (exact) mass is 440 g/mol. The summed E-state index contributed by atoms with van der Waals surface area (Å²) < 4.78 is 5.18. The molecule has 0 aromatic rings. The Morgan fingerprint density at radius 3 is 1.18 bits per heavy atom. The summed E-state index contributed by atoms with van der Waals surface area (Å²) in [5.74, 6) is -0.0000527. The summed E-state index contributed by atoms with van der Waals surface area (Å²) in [5.41, 5.74) is 0. The largest absolute Gasteiger partial charge is 0.466 e. The van der Waals surface area contributed by atoms with Crippen molar-refractivity contribution < 1.29 is 26.0 Å². The van der Waals surface area contributed by atoms with Gasteiger partial charge in [-0.05, 0) is 12.8 Å². The number of carbonyl (C=O) groups excluding carboxylic acids is 1. The first-order chi connectivity index (χ1) is 13.3. The van der Waals surface area contributed by atoms with E-state index >= 15 is 0 Å². The van der Waals surface area contributed by atoms with Crippen LogP contribution < -0.4 is 0 Å². The van der Waals surface area contributed by atoms with Crippen molar-refractivity contribution in [2.75, 3.05) is 6.61 Å². The van der Waals surface area contributed by atoms with Gasteiger partial charge in [0.05, 0.1) is 6.61 Å². The molecular formula is C25H50NiO2. The molecule has 3 heteroatoms. The normalized spacial score (nSPS) is 10.6. The number of carbonyl (C=O) groups is 1. The fourth-order valence-electron chi connectivity index (χ4n) is 3.57. The van der Waals surface area contributed by atoms with Gasteiger partial charge in [-0.25, -0.2) is 0 Å². The van der Waals surface area contributed by atoms with E-state index in [4.69, 9.17) is 4.74 Å². The van der Waals surface area contributed by atoms with Crippen molar-refractivity contribution in [1.82, 2.24) is 0 Å². The molecule has 172 valence electrons. The maximum Gasteiger partial charge on any atom is 0.305 e. The molecule has 28 heavy (non-hydrogen) atoms. The van der Waals surface area contributed by atoms with Crippen LogP contribution in [0.4, 0.5) is 0 Å². The molecule has 0 aliphatic heterocycles. The molecule has 0 unspecified atom stereocenters. The van der Waals surface area contributed by atoms with Crippen LogP contribution in [0.25, 0.3) is 0 Å². The Morgan fingerprint density at radius 1 is 0.500 bits per heavy atom. The van der Waals surface area contributed by atoms with Crippen LogP contribution in [0.15, 0.2) is 0 Å². The second kappa shape index (κ2) is 27.0. The zero-order chi connectivity index (χ0) is 19.8. The van der Waals surface area contributed by atoms with Crippen LogP contribution in [0.2, 0.25) is 0 Å². The van der Waals surface area contributed by atoms with E-state index in [0.29, 0.717) is 13.0 Å². The van der Waals surface area contributed by atoms with Gasteiger partial charge < -0.3 is 4.74 Å². The third kappa shape index (κ3) is 26.0. The smallest absolute Gasteiger partial charge is 0.305 e. The summed E-state index contributed by atoms with van der Waals surface area (Å²) in [7, 11) is 0. The van der Waals surface area contributed by atoms with Crippen LogP contribution in [-0.4, -0.2) is 12.6 Å². The van der Waals surface area contributed by atoms with Crippen LogP contribution in [0.5, 0.6) is 0 Å². The van der Waals surface area contributed by atoms with Gasteiger partial charge in [-0.2, -0.15) is 0 Å². The first-order valence-corrected chi connectivity index (χ1v) is 12.5. The molecule has 0 bridgehead atoms. The zero-order valence-electron chi connectivity index (χ0n) is 19.2. The molecule has 0 aliphatic rings.